The molecule has 0 N–H and O–H groups in total. The third-order valence-electron chi connectivity index (χ3n) is 1.81. The lowest BCUT2D eigenvalue weighted by Crippen LogP contribution is -2.08. The number of benzene rings is 1. The molecule has 0 aromatic heterocycles. The van der Waals surface area contributed by atoms with E-state index in [-0.39, 0.29) is 18.1 Å². The van der Waals surface area contributed by atoms with Gasteiger partial charge in [0.05, 0.1) is 12.4 Å². The van der Waals surface area contributed by atoms with Gasteiger partial charge in [-0.2, -0.15) is 0 Å². The van der Waals surface area contributed by atoms with Gasteiger partial charge in [0.25, 0.3) is 0 Å². The summed E-state index contributed by atoms with van der Waals surface area (Å²) in [6, 6.07) is 4.37. The lowest BCUT2D eigenvalue weighted by Gasteiger charge is -2.06. The minimum atomic E-state index is -2.98. The van der Waals surface area contributed by atoms with Crippen molar-refractivity contribution < 1.29 is 17.5 Å². The highest BCUT2D eigenvalue weighted by molar-refractivity contribution is 9.10. The predicted octanol–water partition coefficient (Wildman–Crippen LogP) is 2.40. The van der Waals surface area contributed by atoms with Gasteiger partial charge in [-0.05, 0) is 24.6 Å². The summed E-state index contributed by atoms with van der Waals surface area (Å²) in [6.45, 7) is 0.181. The summed E-state index contributed by atoms with van der Waals surface area (Å²) < 4.78 is 40.7. The number of halogens is 2. The molecule has 16 heavy (non-hydrogen) atoms. The van der Waals surface area contributed by atoms with Crippen LogP contribution in [-0.4, -0.2) is 27.0 Å². The van der Waals surface area contributed by atoms with Gasteiger partial charge in [-0.15, -0.1) is 0 Å². The average molecular weight is 311 g/mol. The Balaban J connectivity index is 2.46. The molecule has 0 aliphatic carbocycles. The molecule has 1 aromatic carbocycles. The fourth-order valence-electron chi connectivity index (χ4n) is 1.09. The van der Waals surface area contributed by atoms with Gasteiger partial charge in [0.2, 0.25) is 0 Å². The van der Waals surface area contributed by atoms with Crippen LogP contribution >= 0.6 is 15.9 Å². The second kappa shape index (κ2) is 5.63. The molecule has 0 saturated carbocycles. The fourth-order valence-corrected chi connectivity index (χ4v) is 2.07. The van der Waals surface area contributed by atoms with Crippen LogP contribution in [0.2, 0.25) is 0 Å². The van der Waals surface area contributed by atoms with Gasteiger partial charge < -0.3 is 4.74 Å². The van der Waals surface area contributed by atoms with E-state index in [1.165, 1.54) is 12.1 Å². The maximum atomic E-state index is 13.2. The molecule has 6 heteroatoms. The van der Waals surface area contributed by atoms with E-state index in [9.17, 15) is 12.8 Å². The SMILES string of the molecule is CS(=O)(=O)CCCOc1cc(Br)ccc1F. The lowest BCUT2D eigenvalue weighted by atomic mass is 10.3. The molecule has 0 unspecified atom stereocenters. The maximum Gasteiger partial charge on any atom is 0.165 e. The number of ether oxygens (including phenoxy) is 1. The third-order valence-corrected chi connectivity index (χ3v) is 3.33. The summed E-state index contributed by atoms with van der Waals surface area (Å²) in [6.07, 6.45) is 1.51. The first-order valence-corrected chi connectivity index (χ1v) is 7.49. The highest BCUT2D eigenvalue weighted by Crippen LogP contribution is 2.22. The first-order valence-electron chi connectivity index (χ1n) is 4.64. The second-order valence-corrected chi connectivity index (χ2v) is 6.58. The topological polar surface area (TPSA) is 43.4 Å². The molecular weight excluding hydrogens is 299 g/mol. The Labute approximate surface area is 103 Å². The molecule has 0 aliphatic heterocycles. The summed E-state index contributed by atoms with van der Waals surface area (Å²) >= 11 is 3.19. The van der Waals surface area contributed by atoms with E-state index in [0.29, 0.717) is 10.9 Å². The molecule has 0 fully saturated rings. The first kappa shape index (κ1) is 13.4. The van der Waals surface area contributed by atoms with E-state index in [1.54, 1.807) is 6.07 Å². The van der Waals surface area contributed by atoms with Crippen molar-refractivity contribution in [2.24, 2.45) is 0 Å². The van der Waals surface area contributed by atoms with E-state index in [0.717, 1.165) is 6.26 Å². The van der Waals surface area contributed by atoms with Crippen LogP contribution in [0.5, 0.6) is 5.75 Å². The Morgan fingerprint density at radius 1 is 1.44 bits per heavy atom. The molecule has 1 rings (SSSR count). The van der Waals surface area contributed by atoms with Crippen LogP contribution in [0, 0.1) is 5.82 Å². The zero-order valence-corrected chi connectivity index (χ0v) is 11.1. The van der Waals surface area contributed by atoms with Gasteiger partial charge in [-0.3, -0.25) is 0 Å². The van der Waals surface area contributed by atoms with Crippen LogP contribution in [0.4, 0.5) is 4.39 Å². The zero-order chi connectivity index (χ0) is 12.2. The average Bonchev–Trinajstić information content (AvgIpc) is 2.16. The van der Waals surface area contributed by atoms with Crippen molar-refractivity contribution in [3.8, 4) is 5.75 Å². The standard InChI is InChI=1S/C10H12BrFO3S/c1-16(13,14)6-2-5-15-10-7-8(11)3-4-9(10)12/h3-4,7H,2,5-6H2,1H3. The van der Waals surface area contributed by atoms with Crippen LogP contribution in [0.1, 0.15) is 6.42 Å². The van der Waals surface area contributed by atoms with Gasteiger partial charge in [0.1, 0.15) is 9.84 Å². The molecule has 0 heterocycles. The normalized spacial score (nSPS) is 11.4. The number of rotatable bonds is 5. The molecule has 1 aromatic rings. The number of sulfone groups is 1. The zero-order valence-electron chi connectivity index (χ0n) is 8.74. The van der Waals surface area contributed by atoms with E-state index in [2.05, 4.69) is 15.9 Å². The predicted molar refractivity (Wildman–Crippen MR) is 63.9 cm³/mol. The van der Waals surface area contributed by atoms with Crippen LogP contribution < -0.4 is 4.74 Å². The number of hydrogen-bond donors (Lipinski definition) is 0. The van der Waals surface area contributed by atoms with Crippen molar-refractivity contribution in [1.82, 2.24) is 0 Å². The van der Waals surface area contributed by atoms with E-state index in [4.69, 9.17) is 4.74 Å². The molecule has 0 atom stereocenters. The molecule has 0 amide bonds. The Morgan fingerprint density at radius 2 is 2.12 bits per heavy atom. The van der Waals surface area contributed by atoms with Gasteiger partial charge in [0.15, 0.2) is 11.6 Å². The quantitative estimate of drug-likeness (QED) is 0.784. The van der Waals surface area contributed by atoms with Crippen LogP contribution in [0.25, 0.3) is 0 Å². The Kier molecular flexibility index (Phi) is 4.73. The van der Waals surface area contributed by atoms with Crippen LogP contribution in [0.15, 0.2) is 22.7 Å². The third kappa shape index (κ3) is 4.94. The van der Waals surface area contributed by atoms with Crippen molar-refractivity contribution in [2.75, 3.05) is 18.6 Å². The Hall–Kier alpha value is -0.620. The van der Waals surface area contributed by atoms with E-state index >= 15 is 0 Å². The van der Waals surface area contributed by atoms with E-state index in [1.807, 2.05) is 0 Å². The monoisotopic (exact) mass is 310 g/mol. The van der Waals surface area contributed by atoms with Gasteiger partial charge >= 0.3 is 0 Å². The van der Waals surface area contributed by atoms with Crippen LogP contribution in [0.3, 0.4) is 0 Å². The van der Waals surface area contributed by atoms with Crippen molar-refractivity contribution in [1.29, 1.82) is 0 Å². The minimum absolute atomic E-state index is 0.0443. The van der Waals surface area contributed by atoms with Gasteiger partial charge in [0, 0.05) is 10.7 Å². The molecule has 0 radical (unpaired) electrons. The maximum absolute atomic E-state index is 13.2. The Bertz CT molecular complexity index is 459. The minimum Gasteiger partial charge on any atom is -0.490 e. The summed E-state index contributed by atoms with van der Waals surface area (Å²) in [5.41, 5.74) is 0. The van der Waals surface area contributed by atoms with Crippen molar-refractivity contribution in [3.05, 3.63) is 28.5 Å². The molecule has 0 bridgehead atoms. The van der Waals surface area contributed by atoms with Crippen molar-refractivity contribution in [3.63, 3.8) is 0 Å². The molecule has 90 valence electrons. The molecular formula is C10H12BrFO3S. The highest BCUT2D eigenvalue weighted by atomic mass is 79.9. The first-order chi connectivity index (χ1) is 7.38. The summed E-state index contributed by atoms with van der Waals surface area (Å²) in [5.74, 6) is -0.284. The smallest absolute Gasteiger partial charge is 0.165 e. The van der Waals surface area contributed by atoms with E-state index < -0.39 is 15.7 Å². The summed E-state index contributed by atoms with van der Waals surface area (Å²) in [4.78, 5) is 0. The fraction of sp³-hybridized carbons (Fsp3) is 0.400. The number of hydrogen-bond acceptors (Lipinski definition) is 3. The summed E-state index contributed by atoms with van der Waals surface area (Å²) in [7, 11) is -2.98. The molecule has 3 nitrogen and oxygen atoms in total. The molecule has 0 aliphatic rings. The van der Waals surface area contributed by atoms with Crippen molar-refractivity contribution in [2.45, 2.75) is 6.42 Å². The van der Waals surface area contributed by atoms with Crippen LogP contribution in [-0.2, 0) is 9.84 Å². The Morgan fingerprint density at radius 3 is 2.75 bits per heavy atom. The summed E-state index contributed by atoms with van der Waals surface area (Å²) in [5, 5.41) is 0. The molecule has 0 saturated heterocycles. The second-order valence-electron chi connectivity index (χ2n) is 3.41. The molecule has 0 spiro atoms. The lowest BCUT2D eigenvalue weighted by molar-refractivity contribution is 0.301. The van der Waals surface area contributed by atoms with Crippen molar-refractivity contribution >= 4 is 25.8 Å². The largest absolute Gasteiger partial charge is 0.490 e. The highest BCUT2D eigenvalue weighted by Gasteiger charge is 2.05. The van der Waals surface area contributed by atoms with Gasteiger partial charge in [-0.25, -0.2) is 12.8 Å². The van der Waals surface area contributed by atoms with Gasteiger partial charge in [-0.1, -0.05) is 15.9 Å².